The Kier molecular flexibility index (Phi) is 2.02. The first-order valence-corrected chi connectivity index (χ1v) is 2.63. The lowest BCUT2D eigenvalue weighted by Gasteiger charge is -2.11. The molecule has 3 atom stereocenters. The van der Waals surface area contributed by atoms with Gasteiger partial charge in [0.05, 0.1) is 0 Å². The zero-order valence-corrected chi connectivity index (χ0v) is 5.02. The number of ether oxygens (including phenoxy) is 2. The van der Waals surface area contributed by atoms with Crippen molar-refractivity contribution in [1.29, 1.82) is 0 Å². The third kappa shape index (κ3) is 1.21. The minimum Gasteiger partial charge on any atom is -0.387 e. The molecule has 1 fully saturated rings. The maximum atomic E-state index is 8.93. The molecule has 4 nitrogen and oxygen atoms in total. The Bertz CT molecular complexity index is 95.0. The molecule has 1 rings (SSSR count). The number of rotatable bonds is 1. The van der Waals surface area contributed by atoms with Crippen molar-refractivity contribution in [3.8, 4) is 0 Å². The van der Waals surface area contributed by atoms with Gasteiger partial charge < -0.3 is 19.7 Å². The molecule has 0 saturated carbocycles. The van der Waals surface area contributed by atoms with Crippen LogP contribution in [-0.4, -0.2) is 35.8 Å². The highest BCUT2D eigenvalue weighted by Crippen LogP contribution is 2.17. The van der Waals surface area contributed by atoms with Gasteiger partial charge in [-0.3, -0.25) is 0 Å². The summed E-state index contributed by atoms with van der Waals surface area (Å²) < 4.78 is 9.31. The lowest BCUT2D eigenvalue weighted by molar-refractivity contribution is -0.127. The van der Waals surface area contributed by atoms with Gasteiger partial charge in [0.25, 0.3) is 0 Å². The molecule has 0 aromatic carbocycles. The van der Waals surface area contributed by atoms with E-state index in [0.717, 1.165) is 6.61 Å². The molecule has 0 aromatic rings. The van der Waals surface area contributed by atoms with Crippen molar-refractivity contribution in [3.05, 3.63) is 6.61 Å². The first-order valence-electron chi connectivity index (χ1n) is 2.63. The van der Waals surface area contributed by atoms with E-state index in [-0.39, 0.29) is 0 Å². The van der Waals surface area contributed by atoms with Crippen LogP contribution in [-0.2, 0) is 9.47 Å². The van der Waals surface area contributed by atoms with E-state index in [4.69, 9.17) is 10.2 Å². The number of hydrogen-bond acceptors (Lipinski definition) is 4. The fraction of sp³-hybridized carbons (Fsp3) is 0.800. The molecule has 0 aliphatic carbocycles. The summed E-state index contributed by atoms with van der Waals surface area (Å²) in [6.07, 6.45) is -2.58. The highest BCUT2D eigenvalue weighted by atomic mass is 16.7. The monoisotopic (exact) mass is 133 g/mol. The Hall–Kier alpha value is -0.160. The molecule has 1 radical (unpaired) electrons. The van der Waals surface area contributed by atoms with Crippen LogP contribution in [0.3, 0.4) is 0 Å². The second-order valence-corrected chi connectivity index (χ2v) is 1.86. The maximum Gasteiger partial charge on any atom is 0.186 e. The lowest BCUT2D eigenvalue weighted by Crippen LogP contribution is -2.30. The van der Waals surface area contributed by atoms with Crippen LogP contribution in [0.1, 0.15) is 0 Å². The largest absolute Gasteiger partial charge is 0.387 e. The number of methoxy groups -OCH3 is 1. The molecule has 2 N–H and O–H groups in total. The molecule has 1 aliphatic heterocycles. The Morgan fingerprint density at radius 2 is 2.22 bits per heavy atom. The van der Waals surface area contributed by atoms with E-state index < -0.39 is 18.5 Å². The van der Waals surface area contributed by atoms with E-state index in [0.29, 0.717) is 0 Å². The smallest absolute Gasteiger partial charge is 0.186 e. The van der Waals surface area contributed by atoms with Gasteiger partial charge in [-0.15, -0.1) is 0 Å². The minimum absolute atomic E-state index is 0.708. The first kappa shape index (κ1) is 6.95. The van der Waals surface area contributed by atoms with E-state index >= 15 is 0 Å². The second kappa shape index (κ2) is 2.62. The van der Waals surface area contributed by atoms with Crippen molar-refractivity contribution < 1.29 is 19.7 Å². The summed E-state index contributed by atoms with van der Waals surface area (Å²) in [7, 11) is 1.40. The normalized spacial score (nSPS) is 43.7. The van der Waals surface area contributed by atoms with E-state index in [2.05, 4.69) is 9.47 Å². The molecule has 0 amide bonds. The number of aliphatic hydroxyl groups excluding tert-OH is 2. The van der Waals surface area contributed by atoms with Crippen LogP contribution in [0, 0.1) is 6.61 Å². The number of aliphatic hydroxyl groups is 2. The van der Waals surface area contributed by atoms with Crippen molar-refractivity contribution in [2.75, 3.05) is 7.11 Å². The van der Waals surface area contributed by atoms with Crippen molar-refractivity contribution >= 4 is 0 Å². The van der Waals surface area contributed by atoms with E-state index in [1.54, 1.807) is 0 Å². The predicted molar refractivity (Wildman–Crippen MR) is 28.2 cm³/mol. The van der Waals surface area contributed by atoms with Crippen LogP contribution < -0.4 is 0 Å². The summed E-state index contributed by atoms with van der Waals surface area (Å²) in [6.45, 7) is 1.15. The van der Waals surface area contributed by atoms with Gasteiger partial charge in [0.15, 0.2) is 6.29 Å². The molecule has 53 valence electrons. The first-order chi connectivity index (χ1) is 4.25. The highest BCUT2D eigenvalue weighted by Gasteiger charge is 2.34. The minimum atomic E-state index is -0.949. The van der Waals surface area contributed by atoms with E-state index in [1.807, 2.05) is 0 Å². The topological polar surface area (TPSA) is 58.9 Å². The third-order valence-corrected chi connectivity index (χ3v) is 1.21. The van der Waals surface area contributed by atoms with Crippen LogP contribution >= 0.6 is 0 Å². The van der Waals surface area contributed by atoms with E-state index in [9.17, 15) is 0 Å². The lowest BCUT2D eigenvalue weighted by atomic mass is 10.2. The quantitative estimate of drug-likeness (QED) is 0.475. The van der Waals surface area contributed by atoms with Gasteiger partial charge in [0, 0.05) is 7.11 Å². The fourth-order valence-electron chi connectivity index (χ4n) is 0.675. The molecule has 9 heavy (non-hydrogen) atoms. The Morgan fingerprint density at radius 1 is 1.56 bits per heavy atom. The molecule has 0 aromatic heterocycles. The zero-order valence-electron chi connectivity index (χ0n) is 5.02. The fourth-order valence-corrected chi connectivity index (χ4v) is 0.675. The van der Waals surface area contributed by atoms with Crippen LogP contribution in [0.2, 0.25) is 0 Å². The number of hydrogen-bond donors (Lipinski definition) is 2. The molecule has 1 aliphatic rings. The summed E-state index contributed by atoms with van der Waals surface area (Å²) >= 11 is 0. The Balaban J connectivity index is 2.41. The van der Waals surface area contributed by atoms with Crippen molar-refractivity contribution in [2.45, 2.75) is 18.5 Å². The average Bonchev–Trinajstić information content (AvgIpc) is 2.15. The van der Waals surface area contributed by atoms with Gasteiger partial charge in [-0.05, 0) is 0 Å². The molecule has 3 unspecified atom stereocenters. The summed E-state index contributed by atoms with van der Waals surface area (Å²) in [4.78, 5) is 0. The predicted octanol–water partition coefficient (Wildman–Crippen LogP) is -1.13. The molecule has 4 heteroatoms. The van der Waals surface area contributed by atoms with Crippen LogP contribution in [0.5, 0.6) is 0 Å². The summed E-state index contributed by atoms with van der Waals surface area (Å²) in [6, 6.07) is 0. The Labute approximate surface area is 53.0 Å². The van der Waals surface area contributed by atoms with Crippen LogP contribution in [0.25, 0.3) is 0 Å². The molecule has 0 bridgehead atoms. The molecule has 1 heterocycles. The van der Waals surface area contributed by atoms with Crippen molar-refractivity contribution in [1.82, 2.24) is 0 Å². The average molecular weight is 133 g/mol. The maximum absolute atomic E-state index is 8.93. The second-order valence-electron chi connectivity index (χ2n) is 1.86. The summed E-state index contributed by atoms with van der Waals surface area (Å²) in [5.41, 5.74) is 0. The van der Waals surface area contributed by atoms with Crippen LogP contribution in [0.4, 0.5) is 0 Å². The molecular weight excluding hydrogens is 124 g/mol. The molecule has 0 spiro atoms. The van der Waals surface area contributed by atoms with Gasteiger partial charge in [-0.1, -0.05) is 0 Å². The SMILES string of the molecule is COC1O[CH]C(O)C1O. The van der Waals surface area contributed by atoms with Gasteiger partial charge >= 0.3 is 0 Å². The van der Waals surface area contributed by atoms with Gasteiger partial charge in [-0.2, -0.15) is 0 Å². The van der Waals surface area contributed by atoms with Gasteiger partial charge in [0.2, 0.25) is 0 Å². The standard InChI is InChI=1S/C5H9O4/c1-8-5-4(7)3(6)2-9-5/h2-7H,1H3. The van der Waals surface area contributed by atoms with Crippen molar-refractivity contribution in [2.24, 2.45) is 0 Å². The van der Waals surface area contributed by atoms with Gasteiger partial charge in [-0.25, -0.2) is 0 Å². The van der Waals surface area contributed by atoms with E-state index in [1.165, 1.54) is 7.11 Å². The molecular formula is C5H9O4. The third-order valence-electron chi connectivity index (χ3n) is 1.21. The molecule has 1 saturated heterocycles. The summed E-state index contributed by atoms with van der Waals surface area (Å²) in [5.74, 6) is 0. The summed E-state index contributed by atoms with van der Waals surface area (Å²) in [5, 5.41) is 17.7. The highest BCUT2D eigenvalue weighted by molar-refractivity contribution is 4.84. The Morgan fingerprint density at radius 3 is 2.44 bits per heavy atom. The van der Waals surface area contributed by atoms with Crippen LogP contribution in [0.15, 0.2) is 0 Å². The zero-order chi connectivity index (χ0) is 6.85. The van der Waals surface area contributed by atoms with Gasteiger partial charge in [0.1, 0.15) is 18.8 Å². The van der Waals surface area contributed by atoms with Crippen molar-refractivity contribution in [3.63, 3.8) is 0 Å².